The average molecular weight is 405 g/mol. The van der Waals surface area contributed by atoms with E-state index in [9.17, 15) is 9.59 Å². The van der Waals surface area contributed by atoms with E-state index in [0.29, 0.717) is 13.2 Å². The van der Waals surface area contributed by atoms with Crippen LogP contribution in [-0.2, 0) is 9.47 Å². The van der Waals surface area contributed by atoms with Gasteiger partial charge in [-0.2, -0.15) is 0 Å². The minimum atomic E-state index is -0.458. The molecule has 0 amide bonds. The van der Waals surface area contributed by atoms with Gasteiger partial charge in [-0.05, 0) is 25.0 Å². The van der Waals surface area contributed by atoms with E-state index in [-0.39, 0.29) is 11.1 Å². The molecular formula is C25H40O4. The minimum Gasteiger partial charge on any atom is -0.462 e. The van der Waals surface area contributed by atoms with Gasteiger partial charge < -0.3 is 9.47 Å². The maximum atomic E-state index is 12.4. The van der Waals surface area contributed by atoms with Gasteiger partial charge in [0.15, 0.2) is 0 Å². The van der Waals surface area contributed by atoms with Gasteiger partial charge in [0.1, 0.15) is 0 Å². The number of hydrogen-bond acceptors (Lipinski definition) is 4. The first-order chi connectivity index (χ1) is 14.2. The molecular weight excluding hydrogens is 364 g/mol. The summed E-state index contributed by atoms with van der Waals surface area (Å²) in [5.74, 6) is -0.902. The first-order valence-electron chi connectivity index (χ1n) is 11.6. The second-order valence-electron chi connectivity index (χ2n) is 7.71. The molecule has 0 saturated carbocycles. The van der Waals surface area contributed by atoms with E-state index < -0.39 is 11.9 Å². The zero-order valence-corrected chi connectivity index (χ0v) is 18.5. The predicted octanol–water partition coefficient (Wildman–Crippen LogP) is 7.11. The van der Waals surface area contributed by atoms with Crippen molar-refractivity contribution >= 4 is 11.9 Å². The zero-order chi connectivity index (χ0) is 21.2. The Hall–Kier alpha value is -1.84. The first-order valence-corrected chi connectivity index (χ1v) is 11.6. The predicted molar refractivity (Wildman–Crippen MR) is 118 cm³/mol. The fourth-order valence-corrected chi connectivity index (χ4v) is 3.23. The van der Waals surface area contributed by atoms with E-state index in [2.05, 4.69) is 6.92 Å². The molecule has 0 aromatic heterocycles. The summed E-state index contributed by atoms with van der Waals surface area (Å²) in [6.07, 6.45) is 15.6. The monoisotopic (exact) mass is 404 g/mol. The van der Waals surface area contributed by atoms with Crippen LogP contribution < -0.4 is 0 Å². The van der Waals surface area contributed by atoms with Gasteiger partial charge in [-0.3, -0.25) is 0 Å². The van der Waals surface area contributed by atoms with Gasteiger partial charge in [-0.15, -0.1) is 0 Å². The molecule has 164 valence electrons. The van der Waals surface area contributed by atoms with Crippen molar-refractivity contribution in [1.29, 1.82) is 0 Å². The Bertz CT molecular complexity index is 568. The van der Waals surface area contributed by atoms with E-state index in [1.165, 1.54) is 57.8 Å². The fraction of sp³-hybridized carbons (Fsp3) is 0.680. The molecule has 0 radical (unpaired) electrons. The molecule has 4 nitrogen and oxygen atoms in total. The molecule has 0 spiro atoms. The van der Waals surface area contributed by atoms with Crippen LogP contribution in [0.1, 0.15) is 118 Å². The summed E-state index contributed by atoms with van der Waals surface area (Å²) in [6.45, 7) is 5.05. The standard InChI is InChI=1S/C25H40O4/c1-3-5-7-8-9-10-11-12-13-14-17-21-29-25(27)23-19-16-15-18-22(23)24(26)28-20-6-4-2/h15-16,18-19H,3-14,17,20-21H2,1-2H3. The lowest BCUT2D eigenvalue weighted by Gasteiger charge is -2.09. The van der Waals surface area contributed by atoms with Crippen LogP contribution >= 0.6 is 0 Å². The third-order valence-corrected chi connectivity index (χ3v) is 5.08. The molecule has 0 heterocycles. The summed E-state index contributed by atoms with van der Waals surface area (Å²) < 4.78 is 10.6. The Morgan fingerprint density at radius 3 is 1.41 bits per heavy atom. The molecule has 0 unspecified atom stereocenters. The van der Waals surface area contributed by atoms with Crippen molar-refractivity contribution in [2.75, 3.05) is 13.2 Å². The summed E-state index contributed by atoms with van der Waals surface area (Å²) in [6, 6.07) is 6.71. The highest BCUT2D eigenvalue weighted by Crippen LogP contribution is 2.14. The zero-order valence-electron chi connectivity index (χ0n) is 18.5. The molecule has 0 saturated heterocycles. The number of carbonyl (C=O) groups is 2. The Morgan fingerprint density at radius 2 is 0.966 bits per heavy atom. The molecule has 0 aliphatic rings. The molecule has 1 aromatic carbocycles. The van der Waals surface area contributed by atoms with Gasteiger partial charge in [0.2, 0.25) is 0 Å². The smallest absolute Gasteiger partial charge is 0.339 e. The van der Waals surface area contributed by atoms with Crippen molar-refractivity contribution in [3.63, 3.8) is 0 Å². The molecule has 0 N–H and O–H groups in total. The van der Waals surface area contributed by atoms with Gasteiger partial charge in [0.05, 0.1) is 24.3 Å². The average Bonchev–Trinajstić information content (AvgIpc) is 2.74. The quantitative estimate of drug-likeness (QED) is 0.205. The van der Waals surface area contributed by atoms with Gasteiger partial charge in [0.25, 0.3) is 0 Å². The lowest BCUT2D eigenvalue weighted by molar-refractivity contribution is 0.0451. The van der Waals surface area contributed by atoms with E-state index in [1.54, 1.807) is 24.3 Å². The van der Waals surface area contributed by atoms with Crippen LogP contribution in [0, 0.1) is 0 Å². The van der Waals surface area contributed by atoms with Crippen LogP contribution in [0.4, 0.5) is 0 Å². The topological polar surface area (TPSA) is 52.6 Å². The van der Waals surface area contributed by atoms with E-state index in [4.69, 9.17) is 9.47 Å². The second-order valence-corrected chi connectivity index (χ2v) is 7.71. The van der Waals surface area contributed by atoms with Crippen LogP contribution in [0.15, 0.2) is 24.3 Å². The molecule has 0 fully saturated rings. The molecule has 1 rings (SSSR count). The van der Waals surface area contributed by atoms with Crippen LogP contribution in [0.2, 0.25) is 0 Å². The third-order valence-electron chi connectivity index (χ3n) is 5.08. The van der Waals surface area contributed by atoms with Gasteiger partial charge in [0, 0.05) is 0 Å². The van der Waals surface area contributed by atoms with Gasteiger partial charge >= 0.3 is 11.9 Å². The van der Waals surface area contributed by atoms with E-state index in [1.807, 2.05) is 6.92 Å². The molecule has 0 aliphatic heterocycles. The van der Waals surface area contributed by atoms with Crippen molar-refractivity contribution in [2.24, 2.45) is 0 Å². The summed E-state index contributed by atoms with van der Waals surface area (Å²) in [4.78, 5) is 24.5. The number of carbonyl (C=O) groups excluding carboxylic acids is 2. The summed E-state index contributed by atoms with van der Waals surface area (Å²) in [5, 5.41) is 0. The van der Waals surface area contributed by atoms with Crippen LogP contribution in [0.25, 0.3) is 0 Å². The highest BCUT2D eigenvalue weighted by Gasteiger charge is 2.18. The molecule has 0 aliphatic carbocycles. The largest absolute Gasteiger partial charge is 0.462 e. The number of benzene rings is 1. The first kappa shape index (κ1) is 25.2. The number of unbranched alkanes of at least 4 members (excludes halogenated alkanes) is 11. The van der Waals surface area contributed by atoms with Crippen molar-refractivity contribution in [2.45, 2.75) is 97.3 Å². The number of hydrogen-bond donors (Lipinski definition) is 0. The Kier molecular flexibility index (Phi) is 14.8. The fourth-order valence-electron chi connectivity index (χ4n) is 3.23. The second kappa shape index (κ2) is 17.1. The molecule has 0 bridgehead atoms. The maximum absolute atomic E-state index is 12.4. The molecule has 4 heteroatoms. The number of ether oxygens (including phenoxy) is 2. The van der Waals surface area contributed by atoms with Crippen molar-refractivity contribution < 1.29 is 19.1 Å². The minimum absolute atomic E-state index is 0.285. The highest BCUT2D eigenvalue weighted by molar-refractivity contribution is 6.03. The third kappa shape index (κ3) is 11.7. The van der Waals surface area contributed by atoms with E-state index >= 15 is 0 Å². The Labute approximate surface area is 177 Å². The van der Waals surface area contributed by atoms with Gasteiger partial charge in [-0.25, -0.2) is 9.59 Å². The van der Waals surface area contributed by atoms with Crippen LogP contribution in [-0.4, -0.2) is 25.2 Å². The molecule has 1 aromatic rings. The molecule has 29 heavy (non-hydrogen) atoms. The number of esters is 2. The molecule has 0 atom stereocenters. The number of rotatable bonds is 17. The van der Waals surface area contributed by atoms with Gasteiger partial charge in [-0.1, -0.05) is 96.6 Å². The summed E-state index contributed by atoms with van der Waals surface area (Å²) >= 11 is 0. The summed E-state index contributed by atoms with van der Waals surface area (Å²) in [7, 11) is 0. The maximum Gasteiger partial charge on any atom is 0.339 e. The highest BCUT2D eigenvalue weighted by atomic mass is 16.5. The lowest BCUT2D eigenvalue weighted by atomic mass is 10.1. The normalized spacial score (nSPS) is 10.7. The summed E-state index contributed by atoms with van der Waals surface area (Å²) in [5.41, 5.74) is 0.574. The van der Waals surface area contributed by atoms with E-state index in [0.717, 1.165) is 25.7 Å². The van der Waals surface area contributed by atoms with Crippen molar-refractivity contribution in [1.82, 2.24) is 0 Å². The van der Waals surface area contributed by atoms with Crippen molar-refractivity contribution in [3.05, 3.63) is 35.4 Å². The lowest BCUT2D eigenvalue weighted by Crippen LogP contribution is -2.15. The van der Waals surface area contributed by atoms with Crippen LogP contribution in [0.3, 0.4) is 0 Å². The Morgan fingerprint density at radius 1 is 0.586 bits per heavy atom. The SMILES string of the molecule is CCCCCCCCCCCCCOC(=O)c1ccccc1C(=O)OCCCC. The van der Waals surface area contributed by atoms with Crippen LogP contribution in [0.5, 0.6) is 0 Å². The van der Waals surface area contributed by atoms with Crippen molar-refractivity contribution in [3.8, 4) is 0 Å². The Balaban J connectivity index is 2.18.